The molecule has 0 radical (unpaired) electrons. The van der Waals surface area contributed by atoms with Crippen molar-refractivity contribution in [3.05, 3.63) is 0 Å². The maximum absolute atomic E-state index is 11.9. The molecule has 4 nitrogen and oxygen atoms in total. The van der Waals surface area contributed by atoms with Crippen molar-refractivity contribution in [3.8, 4) is 0 Å². The average Bonchev–Trinajstić information content (AvgIpc) is 2.63. The summed E-state index contributed by atoms with van der Waals surface area (Å²) in [7, 11) is 4.01. The van der Waals surface area contributed by atoms with Crippen LogP contribution in [0.15, 0.2) is 0 Å². The Morgan fingerprint density at radius 2 is 2.33 bits per heavy atom. The van der Waals surface area contributed by atoms with E-state index >= 15 is 0 Å². The quantitative estimate of drug-likeness (QED) is 0.722. The second-order valence-corrected chi connectivity index (χ2v) is 4.75. The van der Waals surface area contributed by atoms with Crippen molar-refractivity contribution in [2.45, 2.75) is 25.8 Å². The number of likely N-dealkylation sites (N-methyl/N-ethyl adjacent to an activating group) is 2. The molecule has 0 bridgehead atoms. The van der Waals surface area contributed by atoms with E-state index in [9.17, 15) is 4.79 Å². The third-order valence-electron chi connectivity index (χ3n) is 3.23. The summed E-state index contributed by atoms with van der Waals surface area (Å²) in [6, 6.07) is 0.396. The molecule has 0 aromatic carbocycles. The molecule has 0 saturated carbocycles. The van der Waals surface area contributed by atoms with E-state index in [4.69, 9.17) is 5.73 Å². The summed E-state index contributed by atoms with van der Waals surface area (Å²) in [4.78, 5) is 16.0. The van der Waals surface area contributed by atoms with Crippen LogP contribution >= 0.6 is 0 Å². The van der Waals surface area contributed by atoms with Gasteiger partial charge in [-0.1, -0.05) is 6.92 Å². The Labute approximate surface area is 92.4 Å². The number of likely N-dealkylation sites (tertiary alicyclic amines) is 1. The van der Waals surface area contributed by atoms with Crippen molar-refractivity contribution < 1.29 is 4.79 Å². The lowest BCUT2D eigenvalue weighted by atomic mass is 10.1. The maximum Gasteiger partial charge on any atom is 0.222 e. The molecule has 1 heterocycles. The lowest BCUT2D eigenvalue weighted by Gasteiger charge is -2.25. The Morgan fingerprint density at radius 3 is 2.80 bits per heavy atom. The first-order chi connectivity index (χ1) is 7.04. The molecule has 1 rings (SSSR count). The Balaban J connectivity index is 2.39. The molecular weight excluding hydrogens is 190 g/mol. The molecule has 1 saturated heterocycles. The van der Waals surface area contributed by atoms with Crippen molar-refractivity contribution in [1.29, 1.82) is 0 Å². The van der Waals surface area contributed by atoms with Gasteiger partial charge in [-0.15, -0.1) is 0 Å². The zero-order chi connectivity index (χ0) is 11.4. The topological polar surface area (TPSA) is 49.6 Å². The first kappa shape index (κ1) is 12.5. The number of amides is 1. The van der Waals surface area contributed by atoms with Gasteiger partial charge in [0.15, 0.2) is 0 Å². The van der Waals surface area contributed by atoms with Crippen molar-refractivity contribution in [2.24, 2.45) is 11.7 Å². The van der Waals surface area contributed by atoms with Crippen LogP contribution < -0.4 is 5.73 Å². The van der Waals surface area contributed by atoms with Gasteiger partial charge in [0.2, 0.25) is 5.91 Å². The fraction of sp³-hybridized carbons (Fsp3) is 0.909. The van der Waals surface area contributed by atoms with Crippen LogP contribution in [0.3, 0.4) is 0 Å². The highest BCUT2D eigenvalue weighted by atomic mass is 16.2. The van der Waals surface area contributed by atoms with E-state index in [0.717, 1.165) is 19.5 Å². The van der Waals surface area contributed by atoms with Gasteiger partial charge < -0.3 is 15.5 Å². The summed E-state index contributed by atoms with van der Waals surface area (Å²) in [5.41, 5.74) is 5.52. The number of nitrogens with two attached hydrogens (primary N) is 1. The van der Waals surface area contributed by atoms with E-state index in [2.05, 4.69) is 11.9 Å². The first-order valence-corrected chi connectivity index (χ1v) is 5.68. The highest BCUT2D eigenvalue weighted by Crippen LogP contribution is 2.14. The summed E-state index contributed by atoms with van der Waals surface area (Å²) < 4.78 is 0. The van der Waals surface area contributed by atoms with Gasteiger partial charge in [0, 0.05) is 26.1 Å². The molecule has 88 valence electrons. The first-order valence-electron chi connectivity index (χ1n) is 5.68. The number of carbonyl (C=O) groups excluding carboxylic acids is 1. The van der Waals surface area contributed by atoms with E-state index in [1.807, 2.05) is 18.9 Å². The molecule has 0 aromatic rings. The molecule has 2 N–H and O–H groups in total. The van der Waals surface area contributed by atoms with Crippen molar-refractivity contribution in [1.82, 2.24) is 9.80 Å². The van der Waals surface area contributed by atoms with E-state index in [1.165, 1.54) is 0 Å². The highest BCUT2D eigenvalue weighted by molar-refractivity contribution is 5.76. The molecular formula is C11H23N3O. The van der Waals surface area contributed by atoms with Crippen LogP contribution in [0.2, 0.25) is 0 Å². The Morgan fingerprint density at radius 1 is 1.67 bits per heavy atom. The van der Waals surface area contributed by atoms with Crippen LogP contribution in [0, 0.1) is 5.92 Å². The molecule has 4 heteroatoms. The van der Waals surface area contributed by atoms with Gasteiger partial charge in [0.05, 0.1) is 0 Å². The molecule has 0 aliphatic carbocycles. The molecule has 1 fully saturated rings. The minimum Gasteiger partial charge on any atom is -0.341 e. The number of carbonyl (C=O) groups is 1. The minimum atomic E-state index is 0.230. The zero-order valence-corrected chi connectivity index (χ0v) is 10.1. The summed E-state index contributed by atoms with van der Waals surface area (Å²) in [5, 5.41) is 0. The summed E-state index contributed by atoms with van der Waals surface area (Å²) >= 11 is 0. The number of nitrogens with zero attached hydrogens (tertiary/aromatic N) is 2. The Hall–Kier alpha value is -0.610. The summed E-state index contributed by atoms with van der Waals surface area (Å²) in [6.45, 7) is 4.70. The van der Waals surface area contributed by atoms with Gasteiger partial charge in [-0.3, -0.25) is 4.79 Å². The van der Waals surface area contributed by atoms with Crippen LogP contribution in [-0.4, -0.2) is 55.5 Å². The SMILES string of the molecule is CC(CN)CC(=O)N(C)C1CCN(C)C1. The molecule has 2 unspecified atom stereocenters. The molecule has 0 aromatic heterocycles. The van der Waals surface area contributed by atoms with Crippen LogP contribution in [0.25, 0.3) is 0 Å². The summed E-state index contributed by atoms with van der Waals surface area (Å²) in [5.74, 6) is 0.521. The standard InChI is InChI=1S/C11H23N3O/c1-9(7-12)6-11(15)14(3)10-4-5-13(2)8-10/h9-10H,4-8,12H2,1-3H3. The van der Waals surface area contributed by atoms with E-state index < -0.39 is 0 Å². The lowest BCUT2D eigenvalue weighted by molar-refractivity contribution is -0.132. The Kier molecular flexibility index (Phi) is 4.54. The van der Waals surface area contributed by atoms with Gasteiger partial charge in [0.25, 0.3) is 0 Å². The average molecular weight is 213 g/mol. The smallest absolute Gasteiger partial charge is 0.222 e. The third kappa shape index (κ3) is 3.47. The fourth-order valence-corrected chi connectivity index (χ4v) is 1.96. The van der Waals surface area contributed by atoms with Gasteiger partial charge in [-0.05, 0) is 32.5 Å². The van der Waals surface area contributed by atoms with Gasteiger partial charge in [-0.2, -0.15) is 0 Å². The number of hydrogen-bond acceptors (Lipinski definition) is 3. The van der Waals surface area contributed by atoms with Gasteiger partial charge >= 0.3 is 0 Å². The fourth-order valence-electron chi connectivity index (χ4n) is 1.96. The lowest BCUT2D eigenvalue weighted by Crippen LogP contribution is -2.39. The van der Waals surface area contributed by atoms with Crippen molar-refractivity contribution in [3.63, 3.8) is 0 Å². The molecule has 1 aliphatic heterocycles. The second kappa shape index (κ2) is 5.47. The second-order valence-electron chi connectivity index (χ2n) is 4.75. The molecule has 15 heavy (non-hydrogen) atoms. The van der Waals surface area contributed by atoms with E-state index in [0.29, 0.717) is 24.9 Å². The zero-order valence-electron chi connectivity index (χ0n) is 10.1. The third-order valence-corrected chi connectivity index (χ3v) is 3.23. The van der Waals surface area contributed by atoms with Crippen LogP contribution in [0.5, 0.6) is 0 Å². The maximum atomic E-state index is 11.9. The summed E-state index contributed by atoms with van der Waals surface area (Å²) in [6.07, 6.45) is 1.67. The Bertz CT molecular complexity index is 220. The van der Waals surface area contributed by atoms with Crippen LogP contribution in [0.1, 0.15) is 19.8 Å². The predicted molar refractivity (Wildman–Crippen MR) is 61.5 cm³/mol. The molecule has 1 amide bonds. The normalized spacial score (nSPS) is 24.1. The number of rotatable bonds is 4. The van der Waals surface area contributed by atoms with Gasteiger partial charge in [0.1, 0.15) is 0 Å². The van der Waals surface area contributed by atoms with Crippen molar-refractivity contribution >= 4 is 5.91 Å². The predicted octanol–water partition coefficient (Wildman–Crippen LogP) is 0.134. The van der Waals surface area contributed by atoms with Crippen LogP contribution in [0.4, 0.5) is 0 Å². The van der Waals surface area contributed by atoms with Gasteiger partial charge in [-0.25, -0.2) is 0 Å². The molecule has 0 spiro atoms. The van der Waals surface area contributed by atoms with Crippen molar-refractivity contribution in [2.75, 3.05) is 33.7 Å². The minimum absolute atomic E-state index is 0.230. The number of hydrogen-bond donors (Lipinski definition) is 1. The largest absolute Gasteiger partial charge is 0.341 e. The van der Waals surface area contributed by atoms with E-state index in [1.54, 1.807) is 0 Å². The highest BCUT2D eigenvalue weighted by Gasteiger charge is 2.26. The van der Waals surface area contributed by atoms with Crippen LogP contribution in [-0.2, 0) is 4.79 Å². The molecule has 2 atom stereocenters. The van der Waals surface area contributed by atoms with E-state index in [-0.39, 0.29) is 5.91 Å². The monoisotopic (exact) mass is 213 g/mol. The molecule has 1 aliphatic rings.